The van der Waals surface area contributed by atoms with Crippen molar-refractivity contribution in [1.82, 2.24) is 30.3 Å². The van der Waals surface area contributed by atoms with Crippen molar-refractivity contribution >= 4 is 5.96 Å². The zero-order valence-corrected chi connectivity index (χ0v) is 15.6. The van der Waals surface area contributed by atoms with Crippen LogP contribution in [0.4, 0.5) is 0 Å². The first-order valence-electron chi connectivity index (χ1n) is 9.22. The number of rotatable bonds is 7. The number of piperidine rings is 1. The molecule has 7 nitrogen and oxygen atoms in total. The smallest absolute Gasteiger partial charge is 0.191 e. The van der Waals surface area contributed by atoms with Crippen molar-refractivity contribution in [3.8, 4) is 0 Å². The summed E-state index contributed by atoms with van der Waals surface area (Å²) in [7, 11) is 1.82. The molecule has 2 atom stereocenters. The van der Waals surface area contributed by atoms with Gasteiger partial charge in [-0.3, -0.25) is 9.89 Å². The lowest BCUT2D eigenvalue weighted by Crippen LogP contribution is -2.50. The van der Waals surface area contributed by atoms with Gasteiger partial charge in [0.15, 0.2) is 5.96 Å². The van der Waals surface area contributed by atoms with Crippen molar-refractivity contribution in [3.05, 3.63) is 12.2 Å². The molecule has 1 aliphatic rings. The minimum Gasteiger partial charge on any atom is -0.355 e. The van der Waals surface area contributed by atoms with Crippen LogP contribution in [0.3, 0.4) is 0 Å². The summed E-state index contributed by atoms with van der Waals surface area (Å²) in [5.74, 6) is 1.88. The standard InChI is InChI=1S/C17H33N7/c1-5-16-22-21-13-23(16)11-9-19-17(18-4)20-12-15(3)24-10-7-6-8-14(24)2/h13-15H,5-12H2,1-4H3,(H2,18,19,20). The third-order valence-electron chi connectivity index (χ3n) is 4.87. The van der Waals surface area contributed by atoms with Gasteiger partial charge in [-0.1, -0.05) is 13.3 Å². The Hall–Kier alpha value is -1.63. The highest BCUT2D eigenvalue weighted by Crippen LogP contribution is 2.18. The minimum atomic E-state index is 0.517. The summed E-state index contributed by atoms with van der Waals surface area (Å²) in [5, 5.41) is 14.9. The third kappa shape index (κ3) is 5.19. The number of aromatic nitrogens is 3. The summed E-state index contributed by atoms with van der Waals surface area (Å²) in [5.41, 5.74) is 0. The molecule has 0 aliphatic carbocycles. The van der Waals surface area contributed by atoms with Crippen molar-refractivity contribution in [2.24, 2.45) is 4.99 Å². The first kappa shape index (κ1) is 18.7. The zero-order valence-electron chi connectivity index (χ0n) is 15.6. The van der Waals surface area contributed by atoms with Crippen molar-refractivity contribution in [1.29, 1.82) is 0 Å². The van der Waals surface area contributed by atoms with Crippen LogP contribution >= 0.6 is 0 Å². The average molecular weight is 336 g/mol. The number of nitrogens with zero attached hydrogens (tertiary/aromatic N) is 5. The van der Waals surface area contributed by atoms with E-state index in [4.69, 9.17) is 0 Å². The molecule has 0 spiro atoms. The van der Waals surface area contributed by atoms with Gasteiger partial charge in [0, 0.05) is 45.2 Å². The van der Waals surface area contributed by atoms with Gasteiger partial charge in [0.2, 0.25) is 0 Å². The van der Waals surface area contributed by atoms with Gasteiger partial charge in [-0.25, -0.2) is 0 Å². The molecule has 2 rings (SSSR count). The Morgan fingerprint density at radius 3 is 2.96 bits per heavy atom. The predicted octanol–water partition coefficient (Wildman–Crippen LogP) is 1.27. The van der Waals surface area contributed by atoms with Crippen LogP contribution < -0.4 is 10.6 Å². The highest BCUT2D eigenvalue weighted by atomic mass is 15.3. The molecule has 0 amide bonds. The lowest BCUT2D eigenvalue weighted by Gasteiger charge is -2.38. The van der Waals surface area contributed by atoms with Gasteiger partial charge in [-0.15, -0.1) is 10.2 Å². The number of hydrogen-bond acceptors (Lipinski definition) is 4. The second kappa shape index (κ2) is 9.61. The Kier molecular flexibility index (Phi) is 7.49. The Labute approximate surface area is 145 Å². The van der Waals surface area contributed by atoms with Gasteiger partial charge >= 0.3 is 0 Å². The topological polar surface area (TPSA) is 70.4 Å². The fraction of sp³-hybridized carbons (Fsp3) is 0.824. The zero-order chi connectivity index (χ0) is 17.4. The van der Waals surface area contributed by atoms with Gasteiger partial charge in [0.25, 0.3) is 0 Å². The van der Waals surface area contributed by atoms with Crippen LogP contribution in [0.25, 0.3) is 0 Å². The second-order valence-electron chi connectivity index (χ2n) is 6.61. The molecule has 7 heteroatoms. The fourth-order valence-electron chi connectivity index (χ4n) is 3.39. The van der Waals surface area contributed by atoms with Crippen LogP contribution in [-0.2, 0) is 13.0 Å². The van der Waals surface area contributed by atoms with E-state index in [1.54, 1.807) is 6.33 Å². The normalized spacial score (nSPS) is 20.8. The molecule has 2 unspecified atom stereocenters. The Morgan fingerprint density at radius 2 is 2.25 bits per heavy atom. The summed E-state index contributed by atoms with van der Waals surface area (Å²) in [4.78, 5) is 6.93. The molecule has 0 bridgehead atoms. The van der Waals surface area contributed by atoms with E-state index in [0.29, 0.717) is 12.1 Å². The van der Waals surface area contributed by atoms with Gasteiger partial charge in [0.1, 0.15) is 12.2 Å². The molecule has 136 valence electrons. The lowest BCUT2D eigenvalue weighted by atomic mass is 10.0. The molecular weight excluding hydrogens is 302 g/mol. The van der Waals surface area contributed by atoms with Crippen molar-refractivity contribution in [2.75, 3.05) is 26.7 Å². The van der Waals surface area contributed by atoms with Gasteiger partial charge in [0.05, 0.1) is 0 Å². The van der Waals surface area contributed by atoms with E-state index in [9.17, 15) is 0 Å². The molecule has 1 aliphatic heterocycles. The molecule has 24 heavy (non-hydrogen) atoms. The molecule has 1 fully saturated rings. The van der Waals surface area contributed by atoms with Crippen LogP contribution in [0.2, 0.25) is 0 Å². The molecular formula is C17H33N7. The molecule has 2 heterocycles. The maximum Gasteiger partial charge on any atom is 0.191 e. The first-order chi connectivity index (χ1) is 11.7. The van der Waals surface area contributed by atoms with E-state index in [1.807, 2.05) is 7.05 Å². The number of aryl methyl sites for hydroxylation is 1. The average Bonchev–Trinajstić information content (AvgIpc) is 3.05. The molecule has 1 saturated heterocycles. The van der Waals surface area contributed by atoms with E-state index >= 15 is 0 Å². The largest absolute Gasteiger partial charge is 0.355 e. The Bertz CT molecular complexity index is 511. The Balaban J connectivity index is 1.72. The maximum absolute atomic E-state index is 4.32. The summed E-state index contributed by atoms with van der Waals surface area (Å²) >= 11 is 0. The lowest BCUT2D eigenvalue weighted by molar-refractivity contribution is 0.115. The number of nitrogens with one attached hydrogen (secondary N) is 2. The molecule has 1 aromatic heterocycles. The number of likely N-dealkylation sites (tertiary alicyclic amines) is 1. The van der Waals surface area contributed by atoms with Gasteiger partial charge in [-0.2, -0.15) is 0 Å². The summed E-state index contributed by atoms with van der Waals surface area (Å²) in [6.45, 7) is 10.5. The minimum absolute atomic E-state index is 0.517. The van der Waals surface area contributed by atoms with Crippen LogP contribution in [0, 0.1) is 0 Å². The molecule has 0 aromatic carbocycles. The number of aliphatic imine (C=N–C) groups is 1. The first-order valence-corrected chi connectivity index (χ1v) is 9.22. The fourth-order valence-corrected chi connectivity index (χ4v) is 3.39. The second-order valence-corrected chi connectivity index (χ2v) is 6.61. The highest BCUT2D eigenvalue weighted by molar-refractivity contribution is 5.79. The predicted molar refractivity (Wildman–Crippen MR) is 98.2 cm³/mol. The maximum atomic E-state index is 4.32. The quantitative estimate of drug-likeness (QED) is 0.580. The highest BCUT2D eigenvalue weighted by Gasteiger charge is 2.22. The van der Waals surface area contributed by atoms with Crippen LogP contribution in [0.5, 0.6) is 0 Å². The molecule has 0 radical (unpaired) electrons. The molecule has 0 saturated carbocycles. The van der Waals surface area contributed by atoms with Gasteiger partial charge in [-0.05, 0) is 33.2 Å². The van der Waals surface area contributed by atoms with E-state index in [-0.39, 0.29) is 0 Å². The number of guanidine groups is 1. The van der Waals surface area contributed by atoms with E-state index < -0.39 is 0 Å². The summed E-state index contributed by atoms with van der Waals surface area (Å²) < 4.78 is 2.08. The van der Waals surface area contributed by atoms with Crippen LogP contribution in [0.15, 0.2) is 11.3 Å². The SMILES string of the molecule is CCc1nncn1CCNC(=NC)NCC(C)N1CCCCC1C. The molecule has 2 N–H and O–H groups in total. The molecule has 1 aromatic rings. The third-order valence-corrected chi connectivity index (χ3v) is 4.87. The van der Waals surface area contributed by atoms with Crippen molar-refractivity contribution < 1.29 is 0 Å². The van der Waals surface area contributed by atoms with E-state index in [1.165, 1.54) is 25.8 Å². The van der Waals surface area contributed by atoms with Gasteiger partial charge < -0.3 is 15.2 Å². The Morgan fingerprint density at radius 1 is 1.42 bits per heavy atom. The summed E-state index contributed by atoms with van der Waals surface area (Å²) in [6, 6.07) is 1.20. The van der Waals surface area contributed by atoms with Crippen molar-refractivity contribution in [2.45, 2.75) is 65.1 Å². The van der Waals surface area contributed by atoms with Crippen LogP contribution in [0.1, 0.15) is 45.9 Å². The van der Waals surface area contributed by atoms with E-state index in [2.05, 4.69) is 56.1 Å². The van der Waals surface area contributed by atoms with Crippen molar-refractivity contribution in [3.63, 3.8) is 0 Å². The monoisotopic (exact) mass is 335 g/mol. The number of hydrogen-bond donors (Lipinski definition) is 2. The summed E-state index contributed by atoms with van der Waals surface area (Å²) in [6.07, 6.45) is 6.69. The van der Waals surface area contributed by atoms with E-state index in [0.717, 1.165) is 37.8 Å². The van der Waals surface area contributed by atoms with Crippen LogP contribution in [-0.4, -0.2) is 64.4 Å².